The number of sulfonamides is 1. The van der Waals surface area contributed by atoms with Crippen LogP contribution in [0.1, 0.15) is 46.0 Å². The molecule has 0 atom stereocenters. The summed E-state index contributed by atoms with van der Waals surface area (Å²) in [5, 5.41) is 4.42. The Bertz CT molecular complexity index is 996. The molecule has 154 valence electrons. The summed E-state index contributed by atoms with van der Waals surface area (Å²) in [6, 6.07) is 7.10. The molecule has 0 fully saturated rings. The number of hydrogen-bond donors (Lipinski definition) is 0. The molecule has 0 unspecified atom stereocenters. The van der Waals surface area contributed by atoms with E-state index in [2.05, 4.69) is 25.9 Å². The zero-order chi connectivity index (χ0) is 20.7. The first-order valence-electron chi connectivity index (χ1n) is 9.77. The van der Waals surface area contributed by atoms with Crippen LogP contribution in [0.4, 0.5) is 0 Å². The molecule has 1 aromatic heterocycles. The van der Waals surface area contributed by atoms with Crippen molar-refractivity contribution in [2.45, 2.75) is 64.4 Å². The van der Waals surface area contributed by atoms with E-state index in [1.54, 1.807) is 16.7 Å². The van der Waals surface area contributed by atoms with Gasteiger partial charge in [0.1, 0.15) is 5.82 Å². The quantitative estimate of drug-likeness (QED) is 0.780. The third-order valence-electron chi connectivity index (χ3n) is 5.05. The molecule has 28 heavy (non-hydrogen) atoms. The van der Waals surface area contributed by atoms with Crippen LogP contribution in [-0.2, 0) is 34.9 Å². The van der Waals surface area contributed by atoms with Gasteiger partial charge in [-0.05, 0) is 29.0 Å². The van der Waals surface area contributed by atoms with Gasteiger partial charge in [0.2, 0.25) is 10.0 Å². The van der Waals surface area contributed by atoms with Gasteiger partial charge in [0.15, 0.2) is 0 Å². The molecule has 0 amide bonds. The smallest absolute Gasteiger partial charge is 0.278 e. The fourth-order valence-corrected chi connectivity index (χ4v) is 4.86. The van der Waals surface area contributed by atoms with Gasteiger partial charge in [0.05, 0.1) is 4.90 Å². The average molecular weight is 407 g/mol. The summed E-state index contributed by atoms with van der Waals surface area (Å²) in [5.41, 5.74) is 0.904. The molecule has 1 aromatic carbocycles. The molecule has 1 aliphatic heterocycles. The monoisotopic (exact) mass is 406 g/mol. The lowest BCUT2D eigenvalue weighted by atomic mass is 9.87. The van der Waals surface area contributed by atoms with Crippen LogP contribution >= 0.6 is 0 Å². The van der Waals surface area contributed by atoms with Crippen molar-refractivity contribution in [3.63, 3.8) is 0 Å². The van der Waals surface area contributed by atoms with Crippen LogP contribution in [0.5, 0.6) is 0 Å². The minimum absolute atomic E-state index is 0.0318. The number of fused-ring (bicyclic) bond motifs is 1. The Hall–Kier alpha value is -1.93. The summed E-state index contributed by atoms with van der Waals surface area (Å²) in [4.78, 5) is 12.8. The maximum absolute atomic E-state index is 13.1. The molecule has 0 aliphatic carbocycles. The summed E-state index contributed by atoms with van der Waals surface area (Å²) in [7, 11) is -3.60. The minimum Gasteiger partial charge on any atom is -0.278 e. The van der Waals surface area contributed by atoms with Crippen LogP contribution in [0.15, 0.2) is 34.0 Å². The van der Waals surface area contributed by atoms with E-state index >= 15 is 0 Å². The molecule has 1 aliphatic rings. The fourth-order valence-electron chi connectivity index (χ4n) is 3.42. The second kappa shape index (κ2) is 7.48. The number of rotatable bonds is 4. The normalized spacial score (nSPS) is 16.2. The Balaban J connectivity index is 1.81. The lowest BCUT2D eigenvalue weighted by Crippen LogP contribution is -2.35. The Kier molecular flexibility index (Phi) is 5.55. The summed E-state index contributed by atoms with van der Waals surface area (Å²) in [5.74, 6) is 0.983. The van der Waals surface area contributed by atoms with Crippen molar-refractivity contribution in [1.29, 1.82) is 0 Å². The number of hydrogen-bond acceptors (Lipinski definition) is 4. The molecular weight excluding hydrogens is 376 g/mol. The topological polar surface area (TPSA) is 77.2 Å². The van der Waals surface area contributed by atoms with Crippen LogP contribution in [0, 0.1) is 5.92 Å². The van der Waals surface area contributed by atoms with Gasteiger partial charge in [0.25, 0.3) is 0 Å². The maximum atomic E-state index is 13.1. The van der Waals surface area contributed by atoms with Gasteiger partial charge in [0, 0.05) is 32.6 Å². The molecular formula is C20H30N4O3S. The summed E-state index contributed by atoms with van der Waals surface area (Å²) in [6.45, 7) is 11.8. The first kappa shape index (κ1) is 20.8. The Labute approximate surface area is 167 Å². The van der Waals surface area contributed by atoms with E-state index in [1.807, 2.05) is 26.0 Å². The largest absolute Gasteiger partial charge is 0.345 e. The molecule has 0 saturated carbocycles. The first-order valence-corrected chi connectivity index (χ1v) is 11.2. The van der Waals surface area contributed by atoms with Crippen LogP contribution < -0.4 is 5.69 Å². The highest BCUT2D eigenvalue weighted by molar-refractivity contribution is 7.89. The Morgan fingerprint density at radius 2 is 1.71 bits per heavy atom. The van der Waals surface area contributed by atoms with Gasteiger partial charge in [-0.3, -0.25) is 4.57 Å². The summed E-state index contributed by atoms with van der Waals surface area (Å²) < 4.78 is 30.7. The van der Waals surface area contributed by atoms with Gasteiger partial charge >= 0.3 is 5.69 Å². The molecule has 0 spiro atoms. The van der Waals surface area contributed by atoms with Gasteiger partial charge in [-0.1, -0.05) is 46.8 Å². The SMILES string of the molecule is CC(C)Cn1nc2n(c1=O)CCN(S(=O)(=O)c1ccc(C(C)(C)C)cc1)CC2. The number of benzene rings is 1. The second-order valence-electron chi connectivity index (χ2n) is 8.85. The third-order valence-corrected chi connectivity index (χ3v) is 6.97. The average Bonchev–Trinajstić information content (AvgIpc) is 2.78. The van der Waals surface area contributed by atoms with E-state index in [0.717, 1.165) is 5.56 Å². The van der Waals surface area contributed by atoms with Crippen molar-refractivity contribution in [3.05, 3.63) is 46.1 Å². The second-order valence-corrected chi connectivity index (χ2v) is 10.8. The molecule has 7 nitrogen and oxygen atoms in total. The highest BCUT2D eigenvalue weighted by atomic mass is 32.2. The van der Waals surface area contributed by atoms with E-state index < -0.39 is 10.0 Å². The third kappa shape index (κ3) is 4.07. The van der Waals surface area contributed by atoms with Gasteiger partial charge in [-0.15, -0.1) is 0 Å². The molecule has 0 N–H and O–H groups in total. The number of nitrogens with zero attached hydrogens (tertiary/aromatic N) is 4. The van der Waals surface area contributed by atoms with Crippen molar-refractivity contribution in [2.24, 2.45) is 5.92 Å². The first-order chi connectivity index (χ1) is 13.0. The van der Waals surface area contributed by atoms with Gasteiger partial charge < -0.3 is 0 Å². The van der Waals surface area contributed by atoms with E-state index in [-0.39, 0.29) is 22.5 Å². The van der Waals surface area contributed by atoms with E-state index in [4.69, 9.17) is 0 Å². The van der Waals surface area contributed by atoms with Crippen molar-refractivity contribution in [1.82, 2.24) is 18.7 Å². The minimum atomic E-state index is -3.60. The summed E-state index contributed by atoms with van der Waals surface area (Å²) >= 11 is 0. The summed E-state index contributed by atoms with van der Waals surface area (Å²) in [6.07, 6.45) is 0.430. The van der Waals surface area contributed by atoms with Crippen molar-refractivity contribution < 1.29 is 8.42 Å². The van der Waals surface area contributed by atoms with Crippen LogP contribution in [0.2, 0.25) is 0 Å². The van der Waals surface area contributed by atoms with Crippen LogP contribution in [0.3, 0.4) is 0 Å². The van der Waals surface area contributed by atoms with E-state index in [0.29, 0.717) is 37.8 Å². The number of aromatic nitrogens is 3. The van der Waals surface area contributed by atoms with E-state index in [9.17, 15) is 13.2 Å². The molecule has 3 rings (SSSR count). The molecule has 0 bridgehead atoms. The predicted octanol–water partition coefficient (Wildman–Crippen LogP) is 2.25. The highest BCUT2D eigenvalue weighted by Gasteiger charge is 2.29. The van der Waals surface area contributed by atoms with Gasteiger partial charge in [-0.25, -0.2) is 17.9 Å². The molecule has 2 heterocycles. The molecule has 0 saturated heterocycles. The lowest BCUT2D eigenvalue weighted by Gasteiger charge is -2.22. The van der Waals surface area contributed by atoms with Crippen molar-refractivity contribution in [3.8, 4) is 0 Å². The van der Waals surface area contributed by atoms with Gasteiger partial charge in [-0.2, -0.15) is 9.40 Å². The Morgan fingerprint density at radius 1 is 1.07 bits per heavy atom. The zero-order valence-electron chi connectivity index (χ0n) is 17.3. The fraction of sp³-hybridized carbons (Fsp3) is 0.600. The van der Waals surface area contributed by atoms with E-state index in [1.165, 1.54) is 8.99 Å². The standard InChI is InChI=1S/C20H30N4O3S/c1-15(2)14-24-19(25)23-13-12-22(11-10-18(23)21-24)28(26,27)17-8-6-16(7-9-17)20(3,4)5/h6-9,15H,10-14H2,1-5H3. The zero-order valence-corrected chi connectivity index (χ0v) is 18.2. The van der Waals surface area contributed by atoms with Crippen molar-refractivity contribution >= 4 is 10.0 Å². The van der Waals surface area contributed by atoms with Crippen molar-refractivity contribution in [2.75, 3.05) is 13.1 Å². The molecule has 0 radical (unpaired) electrons. The maximum Gasteiger partial charge on any atom is 0.345 e. The predicted molar refractivity (Wildman–Crippen MR) is 109 cm³/mol. The molecule has 2 aromatic rings. The lowest BCUT2D eigenvalue weighted by molar-refractivity contribution is 0.405. The molecule has 8 heteroatoms. The van der Waals surface area contributed by atoms with Crippen LogP contribution in [0.25, 0.3) is 0 Å². The van der Waals surface area contributed by atoms with Crippen LogP contribution in [-0.4, -0.2) is 40.2 Å². The Morgan fingerprint density at radius 3 is 2.29 bits per heavy atom. The highest BCUT2D eigenvalue weighted by Crippen LogP contribution is 2.25.